The van der Waals surface area contributed by atoms with Crippen LogP contribution in [-0.4, -0.2) is 81.5 Å². The minimum atomic E-state index is -1.14. The third-order valence-corrected chi connectivity index (χ3v) is 6.13. The van der Waals surface area contributed by atoms with Crippen molar-refractivity contribution in [2.24, 2.45) is 17.4 Å². The number of nitrogens with one attached hydrogen (secondary N) is 4. The number of aromatic nitrogens is 2. The molecule has 9 N–H and O–H groups in total. The van der Waals surface area contributed by atoms with Crippen LogP contribution in [0.4, 0.5) is 0 Å². The summed E-state index contributed by atoms with van der Waals surface area (Å²) in [6.45, 7) is 4.22. The summed E-state index contributed by atoms with van der Waals surface area (Å²) in [5.41, 5.74) is 12.1. The Morgan fingerprint density at radius 3 is 2.22 bits per heavy atom. The number of nitrogens with two attached hydrogens (primary N) is 2. The number of carbonyl (C=O) groups excluding carboxylic acids is 3. The van der Waals surface area contributed by atoms with Crippen molar-refractivity contribution in [2.75, 3.05) is 18.6 Å². The fraction of sp³-hybridized carbons (Fsp3) is 0.696. The summed E-state index contributed by atoms with van der Waals surface area (Å²) < 4.78 is 0. The molecule has 0 aliphatic heterocycles. The number of thioether (sulfide) groups is 1. The van der Waals surface area contributed by atoms with E-state index >= 15 is 0 Å². The highest BCUT2D eigenvalue weighted by atomic mass is 32.2. The largest absolute Gasteiger partial charge is 0.480 e. The number of hydrogen-bond acceptors (Lipinski definition) is 8. The zero-order valence-electron chi connectivity index (χ0n) is 21.3. The number of aliphatic carboxylic acids is 1. The molecule has 0 spiro atoms. The molecule has 4 unspecified atom stereocenters. The topological polar surface area (TPSA) is 205 Å². The lowest BCUT2D eigenvalue weighted by molar-refractivity contribution is -0.142. The van der Waals surface area contributed by atoms with Gasteiger partial charge in [-0.1, -0.05) is 20.3 Å². The lowest BCUT2D eigenvalue weighted by Crippen LogP contribution is -2.57. The van der Waals surface area contributed by atoms with Gasteiger partial charge < -0.3 is 37.5 Å². The zero-order chi connectivity index (χ0) is 27.1. The Bertz CT molecular complexity index is 822. The summed E-state index contributed by atoms with van der Waals surface area (Å²) in [4.78, 5) is 57.3. The van der Waals surface area contributed by atoms with Gasteiger partial charge in [0.05, 0.1) is 12.4 Å². The molecular formula is C23H41N7O5S. The Morgan fingerprint density at radius 1 is 1.03 bits per heavy atom. The fourth-order valence-electron chi connectivity index (χ4n) is 3.49. The molecular weight excluding hydrogens is 486 g/mol. The summed E-state index contributed by atoms with van der Waals surface area (Å²) in [7, 11) is 0. The van der Waals surface area contributed by atoms with Gasteiger partial charge in [-0.3, -0.25) is 14.4 Å². The van der Waals surface area contributed by atoms with Crippen LogP contribution in [0.5, 0.6) is 0 Å². The first-order valence-electron chi connectivity index (χ1n) is 12.1. The SMILES string of the molecule is CSCCC(NC(=O)C(Cc1cnc[nH]1)NC(=O)C(N)CCCCN)C(=O)NC(CC(C)C)C(=O)O. The number of imidazole rings is 1. The maximum absolute atomic E-state index is 13.2. The number of carboxylic acid groups (broad SMARTS) is 1. The van der Waals surface area contributed by atoms with Crippen molar-refractivity contribution in [3.63, 3.8) is 0 Å². The van der Waals surface area contributed by atoms with Crippen LogP contribution < -0.4 is 27.4 Å². The van der Waals surface area contributed by atoms with Gasteiger partial charge in [-0.05, 0) is 50.2 Å². The molecule has 0 aromatic carbocycles. The van der Waals surface area contributed by atoms with E-state index in [4.69, 9.17) is 11.5 Å². The van der Waals surface area contributed by atoms with E-state index in [0.717, 1.165) is 6.42 Å². The predicted molar refractivity (Wildman–Crippen MR) is 139 cm³/mol. The molecule has 0 aliphatic rings. The van der Waals surface area contributed by atoms with Gasteiger partial charge in [0.1, 0.15) is 18.1 Å². The number of carbonyl (C=O) groups is 4. The fourth-order valence-corrected chi connectivity index (χ4v) is 3.96. The molecule has 1 heterocycles. The molecule has 4 atom stereocenters. The number of aromatic amines is 1. The molecule has 0 saturated heterocycles. The molecule has 1 rings (SSSR count). The van der Waals surface area contributed by atoms with Crippen LogP contribution in [0.3, 0.4) is 0 Å². The average Bonchev–Trinajstić information content (AvgIpc) is 3.33. The van der Waals surface area contributed by atoms with Gasteiger partial charge in [-0.15, -0.1) is 0 Å². The third-order valence-electron chi connectivity index (χ3n) is 5.48. The molecule has 1 aromatic rings. The smallest absolute Gasteiger partial charge is 0.326 e. The molecule has 0 aliphatic carbocycles. The number of amides is 3. The molecule has 0 fully saturated rings. The van der Waals surface area contributed by atoms with Crippen LogP contribution in [-0.2, 0) is 25.6 Å². The van der Waals surface area contributed by atoms with Crippen molar-refractivity contribution in [2.45, 2.75) is 76.5 Å². The molecule has 0 bridgehead atoms. The molecule has 204 valence electrons. The Hall–Kier alpha value is -2.64. The van der Waals surface area contributed by atoms with Crippen molar-refractivity contribution in [3.05, 3.63) is 18.2 Å². The molecule has 3 amide bonds. The Balaban J connectivity index is 2.98. The molecule has 12 nitrogen and oxygen atoms in total. The minimum absolute atomic E-state index is 0.0497. The minimum Gasteiger partial charge on any atom is -0.480 e. The number of H-pyrrole nitrogens is 1. The Kier molecular flexibility index (Phi) is 14.8. The maximum Gasteiger partial charge on any atom is 0.326 e. The normalized spacial score (nSPS) is 14.5. The van der Waals surface area contributed by atoms with Gasteiger partial charge in [-0.25, -0.2) is 9.78 Å². The number of carboxylic acids is 1. The third kappa shape index (κ3) is 11.9. The number of rotatable bonds is 18. The number of hydrogen-bond donors (Lipinski definition) is 7. The second kappa shape index (κ2) is 16.9. The molecule has 1 aromatic heterocycles. The molecule has 0 radical (unpaired) electrons. The molecule has 36 heavy (non-hydrogen) atoms. The van der Waals surface area contributed by atoms with Gasteiger partial charge >= 0.3 is 5.97 Å². The van der Waals surface area contributed by atoms with Crippen LogP contribution in [0.1, 0.15) is 51.6 Å². The maximum atomic E-state index is 13.2. The van der Waals surface area contributed by atoms with Crippen molar-refractivity contribution in [3.8, 4) is 0 Å². The van der Waals surface area contributed by atoms with Gasteiger partial charge in [-0.2, -0.15) is 11.8 Å². The monoisotopic (exact) mass is 527 g/mol. The predicted octanol–water partition coefficient (Wildman–Crippen LogP) is -0.253. The van der Waals surface area contributed by atoms with Crippen LogP contribution in [0.2, 0.25) is 0 Å². The summed E-state index contributed by atoms with van der Waals surface area (Å²) in [6, 6.07) is -3.87. The number of unbranched alkanes of at least 4 members (excludes halogenated alkanes) is 1. The van der Waals surface area contributed by atoms with Crippen molar-refractivity contribution < 1.29 is 24.3 Å². The summed E-state index contributed by atoms with van der Waals surface area (Å²) in [5, 5.41) is 17.4. The lowest BCUT2D eigenvalue weighted by atomic mass is 10.0. The standard InChI is InChI=1S/C23H41N7O5S/c1-14(2)10-19(23(34)35)30-21(32)17(7-9-36-3)28-22(33)18(11-15-12-26-13-27-15)29-20(31)16(25)6-4-5-8-24/h12-14,16-19H,4-11,24-25H2,1-3H3,(H,26,27)(H,28,33)(H,29,31)(H,30,32)(H,34,35). The molecule has 0 saturated carbocycles. The average molecular weight is 528 g/mol. The Labute approximate surface area is 216 Å². The highest BCUT2D eigenvalue weighted by molar-refractivity contribution is 7.98. The van der Waals surface area contributed by atoms with Crippen molar-refractivity contribution in [1.29, 1.82) is 0 Å². The van der Waals surface area contributed by atoms with E-state index in [1.54, 1.807) is 0 Å². The van der Waals surface area contributed by atoms with Gasteiger partial charge in [0.15, 0.2) is 0 Å². The highest BCUT2D eigenvalue weighted by Crippen LogP contribution is 2.09. The van der Waals surface area contributed by atoms with Crippen molar-refractivity contribution in [1.82, 2.24) is 25.9 Å². The van der Waals surface area contributed by atoms with E-state index in [1.165, 1.54) is 24.3 Å². The van der Waals surface area contributed by atoms with E-state index in [0.29, 0.717) is 30.8 Å². The highest BCUT2D eigenvalue weighted by Gasteiger charge is 2.30. The second-order valence-electron chi connectivity index (χ2n) is 9.10. The van der Waals surface area contributed by atoms with E-state index in [2.05, 4.69) is 25.9 Å². The van der Waals surface area contributed by atoms with E-state index < -0.39 is 47.9 Å². The van der Waals surface area contributed by atoms with E-state index in [1.807, 2.05) is 20.1 Å². The summed E-state index contributed by atoms with van der Waals surface area (Å²) in [5.74, 6) is -2.18. The summed E-state index contributed by atoms with van der Waals surface area (Å²) in [6.07, 6.45) is 7.35. The van der Waals surface area contributed by atoms with E-state index in [-0.39, 0.29) is 25.2 Å². The first-order chi connectivity index (χ1) is 17.1. The van der Waals surface area contributed by atoms with Crippen LogP contribution in [0.15, 0.2) is 12.5 Å². The Morgan fingerprint density at radius 2 is 1.67 bits per heavy atom. The second-order valence-corrected chi connectivity index (χ2v) is 10.1. The van der Waals surface area contributed by atoms with Crippen LogP contribution in [0.25, 0.3) is 0 Å². The number of nitrogens with zero attached hydrogens (tertiary/aromatic N) is 1. The first kappa shape index (κ1) is 31.4. The molecule has 13 heteroatoms. The van der Waals surface area contributed by atoms with Gasteiger partial charge in [0, 0.05) is 18.3 Å². The van der Waals surface area contributed by atoms with Gasteiger partial charge in [0.25, 0.3) is 0 Å². The zero-order valence-corrected chi connectivity index (χ0v) is 22.1. The van der Waals surface area contributed by atoms with Gasteiger partial charge in [0.2, 0.25) is 17.7 Å². The first-order valence-corrected chi connectivity index (χ1v) is 13.5. The quantitative estimate of drug-likeness (QED) is 0.125. The van der Waals surface area contributed by atoms with Crippen LogP contribution >= 0.6 is 11.8 Å². The lowest BCUT2D eigenvalue weighted by Gasteiger charge is -2.25. The summed E-state index contributed by atoms with van der Waals surface area (Å²) >= 11 is 1.49. The van der Waals surface area contributed by atoms with Crippen molar-refractivity contribution >= 4 is 35.5 Å². The van der Waals surface area contributed by atoms with E-state index in [9.17, 15) is 24.3 Å². The van der Waals surface area contributed by atoms with Crippen LogP contribution in [0, 0.1) is 5.92 Å².